The topological polar surface area (TPSA) is 0 Å². The molecular weight excluding hydrogens is 248 g/mol. The van der Waals surface area contributed by atoms with E-state index >= 15 is 0 Å². The Labute approximate surface area is 112 Å². The molecule has 0 amide bonds. The van der Waals surface area contributed by atoms with Crippen LogP contribution in [0.2, 0.25) is 0 Å². The van der Waals surface area contributed by atoms with Crippen molar-refractivity contribution in [2.75, 3.05) is 0 Å². The number of aryl methyl sites for hydroxylation is 2. The Bertz CT molecular complexity index is 470. The van der Waals surface area contributed by atoms with Gasteiger partial charge in [-0.25, -0.2) is 0 Å². The number of rotatable bonds is 4. The van der Waals surface area contributed by atoms with E-state index in [4.69, 9.17) is 11.6 Å². The maximum absolute atomic E-state index is 6.51. The van der Waals surface area contributed by atoms with Gasteiger partial charge in [0.25, 0.3) is 0 Å². The van der Waals surface area contributed by atoms with Crippen LogP contribution >= 0.6 is 22.9 Å². The third kappa shape index (κ3) is 2.91. The second-order valence-corrected chi connectivity index (χ2v) is 5.75. The van der Waals surface area contributed by atoms with Crippen LogP contribution in [0.4, 0.5) is 0 Å². The fourth-order valence-electron chi connectivity index (χ4n) is 1.81. The molecule has 0 saturated carbocycles. The molecule has 0 radical (unpaired) electrons. The Kier molecular flexibility index (Phi) is 4.25. The van der Waals surface area contributed by atoms with E-state index in [2.05, 4.69) is 50.2 Å². The van der Waals surface area contributed by atoms with E-state index in [1.54, 1.807) is 0 Å². The summed E-state index contributed by atoms with van der Waals surface area (Å²) in [5.41, 5.74) is 2.55. The zero-order valence-corrected chi connectivity index (χ0v) is 11.8. The first-order valence-corrected chi connectivity index (χ1v) is 7.31. The summed E-state index contributed by atoms with van der Waals surface area (Å²) in [4.78, 5) is 2.64. The standard InChI is InChI=1S/C15H17ClS/c1-3-11-5-7-12(8-6-11)15(16)14-10-9-13(4-2)17-14/h5-10,15H,3-4H2,1-2H3. The largest absolute Gasteiger partial charge is 0.143 e. The molecule has 1 aromatic heterocycles. The normalized spacial score (nSPS) is 12.6. The molecular formula is C15H17ClS. The summed E-state index contributed by atoms with van der Waals surface area (Å²) < 4.78 is 0. The lowest BCUT2D eigenvalue weighted by Crippen LogP contribution is -1.90. The summed E-state index contributed by atoms with van der Waals surface area (Å²) in [6, 6.07) is 12.9. The van der Waals surface area contributed by atoms with Crippen molar-refractivity contribution in [3.8, 4) is 0 Å². The first kappa shape index (κ1) is 12.7. The number of halogens is 1. The van der Waals surface area contributed by atoms with Gasteiger partial charge in [-0.15, -0.1) is 22.9 Å². The van der Waals surface area contributed by atoms with Crippen LogP contribution in [0.5, 0.6) is 0 Å². The van der Waals surface area contributed by atoms with Gasteiger partial charge in [0.05, 0.1) is 5.38 Å². The first-order valence-electron chi connectivity index (χ1n) is 6.06. The Morgan fingerprint density at radius 3 is 2.24 bits per heavy atom. The van der Waals surface area contributed by atoms with Crippen LogP contribution < -0.4 is 0 Å². The van der Waals surface area contributed by atoms with Crippen molar-refractivity contribution < 1.29 is 0 Å². The van der Waals surface area contributed by atoms with Gasteiger partial charge in [0, 0.05) is 9.75 Å². The molecule has 90 valence electrons. The summed E-state index contributed by atoms with van der Waals surface area (Å²) in [6.45, 7) is 4.34. The fourth-order valence-corrected chi connectivity index (χ4v) is 3.12. The number of hydrogen-bond acceptors (Lipinski definition) is 1. The molecule has 2 aromatic rings. The Balaban J connectivity index is 2.20. The average molecular weight is 265 g/mol. The summed E-state index contributed by atoms with van der Waals surface area (Å²) in [5.74, 6) is 0. The zero-order chi connectivity index (χ0) is 12.3. The maximum atomic E-state index is 6.51. The van der Waals surface area contributed by atoms with E-state index in [9.17, 15) is 0 Å². The van der Waals surface area contributed by atoms with Gasteiger partial charge in [0.2, 0.25) is 0 Å². The molecule has 1 unspecified atom stereocenters. The molecule has 0 spiro atoms. The van der Waals surface area contributed by atoms with Gasteiger partial charge in [-0.3, -0.25) is 0 Å². The fraction of sp³-hybridized carbons (Fsp3) is 0.333. The molecule has 1 atom stereocenters. The van der Waals surface area contributed by atoms with Crippen LogP contribution in [0, 0.1) is 0 Å². The molecule has 0 aliphatic carbocycles. The van der Waals surface area contributed by atoms with E-state index in [0.717, 1.165) is 12.8 Å². The van der Waals surface area contributed by atoms with Gasteiger partial charge in [-0.05, 0) is 36.1 Å². The highest BCUT2D eigenvalue weighted by atomic mass is 35.5. The lowest BCUT2D eigenvalue weighted by atomic mass is 10.1. The van der Waals surface area contributed by atoms with Crippen molar-refractivity contribution in [1.29, 1.82) is 0 Å². The van der Waals surface area contributed by atoms with Crippen molar-refractivity contribution in [1.82, 2.24) is 0 Å². The predicted octanol–water partition coefficient (Wildman–Crippen LogP) is 5.20. The second kappa shape index (κ2) is 5.70. The highest BCUT2D eigenvalue weighted by Gasteiger charge is 2.12. The van der Waals surface area contributed by atoms with Crippen LogP contribution in [0.3, 0.4) is 0 Å². The molecule has 0 saturated heterocycles. The van der Waals surface area contributed by atoms with Gasteiger partial charge in [0.15, 0.2) is 0 Å². The van der Waals surface area contributed by atoms with Crippen molar-refractivity contribution in [2.24, 2.45) is 0 Å². The Hall–Kier alpha value is -0.790. The molecule has 2 rings (SSSR count). The van der Waals surface area contributed by atoms with Gasteiger partial charge in [0.1, 0.15) is 0 Å². The maximum Gasteiger partial charge on any atom is 0.0927 e. The summed E-state index contributed by atoms with van der Waals surface area (Å²) >= 11 is 8.32. The highest BCUT2D eigenvalue weighted by Crippen LogP contribution is 2.33. The Morgan fingerprint density at radius 2 is 1.71 bits per heavy atom. The average Bonchev–Trinajstić information content (AvgIpc) is 2.87. The molecule has 0 fully saturated rings. The minimum absolute atomic E-state index is 0.00814. The zero-order valence-electron chi connectivity index (χ0n) is 10.2. The smallest absolute Gasteiger partial charge is 0.0927 e. The molecule has 2 heteroatoms. The van der Waals surface area contributed by atoms with Crippen LogP contribution in [-0.2, 0) is 12.8 Å². The van der Waals surface area contributed by atoms with E-state index in [1.165, 1.54) is 20.9 Å². The van der Waals surface area contributed by atoms with E-state index in [0.29, 0.717) is 0 Å². The quantitative estimate of drug-likeness (QED) is 0.666. The lowest BCUT2D eigenvalue weighted by Gasteiger charge is -2.08. The minimum Gasteiger partial charge on any atom is -0.143 e. The molecule has 0 N–H and O–H groups in total. The van der Waals surface area contributed by atoms with E-state index < -0.39 is 0 Å². The molecule has 0 bridgehead atoms. The number of alkyl halides is 1. The summed E-state index contributed by atoms with van der Waals surface area (Å²) in [7, 11) is 0. The molecule has 1 aromatic carbocycles. The number of benzene rings is 1. The third-order valence-electron chi connectivity index (χ3n) is 2.96. The van der Waals surface area contributed by atoms with Crippen LogP contribution in [0.25, 0.3) is 0 Å². The van der Waals surface area contributed by atoms with Crippen LogP contribution in [0.1, 0.15) is 40.1 Å². The van der Waals surface area contributed by atoms with Crippen molar-refractivity contribution in [2.45, 2.75) is 32.1 Å². The second-order valence-electron chi connectivity index (χ2n) is 4.12. The summed E-state index contributed by atoms with van der Waals surface area (Å²) in [6.07, 6.45) is 2.16. The lowest BCUT2D eigenvalue weighted by molar-refractivity contribution is 1.11. The Morgan fingerprint density at radius 1 is 1.00 bits per heavy atom. The minimum atomic E-state index is -0.00814. The summed E-state index contributed by atoms with van der Waals surface area (Å²) in [5, 5.41) is -0.00814. The van der Waals surface area contributed by atoms with Gasteiger partial charge < -0.3 is 0 Å². The number of thiophene rings is 1. The predicted molar refractivity (Wildman–Crippen MR) is 77.2 cm³/mol. The van der Waals surface area contributed by atoms with Crippen molar-refractivity contribution >= 4 is 22.9 Å². The molecule has 0 nitrogen and oxygen atoms in total. The van der Waals surface area contributed by atoms with Gasteiger partial charge >= 0.3 is 0 Å². The van der Waals surface area contributed by atoms with E-state index in [1.807, 2.05) is 11.3 Å². The molecule has 17 heavy (non-hydrogen) atoms. The number of hydrogen-bond donors (Lipinski definition) is 0. The molecule has 0 aliphatic heterocycles. The monoisotopic (exact) mass is 264 g/mol. The van der Waals surface area contributed by atoms with Gasteiger partial charge in [-0.2, -0.15) is 0 Å². The van der Waals surface area contributed by atoms with Crippen molar-refractivity contribution in [3.63, 3.8) is 0 Å². The third-order valence-corrected chi connectivity index (χ3v) is 4.87. The van der Waals surface area contributed by atoms with Crippen molar-refractivity contribution in [3.05, 3.63) is 57.3 Å². The molecule has 0 aliphatic rings. The SMILES string of the molecule is CCc1ccc(C(Cl)c2ccc(CC)s2)cc1. The van der Waals surface area contributed by atoms with Gasteiger partial charge in [-0.1, -0.05) is 38.1 Å². The first-order chi connectivity index (χ1) is 8.24. The van der Waals surface area contributed by atoms with Crippen LogP contribution in [-0.4, -0.2) is 0 Å². The van der Waals surface area contributed by atoms with Crippen LogP contribution in [0.15, 0.2) is 36.4 Å². The molecule has 1 heterocycles. The highest BCUT2D eigenvalue weighted by molar-refractivity contribution is 7.12. The van der Waals surface area contributed by atoms with E-state index in [-0.39, 0.29) is 5.38 Å².